The van der Waals surface area contributed by atoms with Gasteiger partial charge in [0.25, 0.3) is 0 Å². The van der Waals surface area contributed by atoms with Crippen molar-refractivity contribution < 1.29 is 28.5 Å². The van der Waals surface area contributed by atoms with E-state index >= 15 is 0 Å². The van der Waals surface area contributed by atoms with E-state index < -0.39 is 0 Å². The minimum absolute atomic E-state index is 0. The largest absolute Gasteiger partial charge is 1.00 e. The van der Waals surface area contributed by atoms with Crippen LogP contribution in [-0.2, 0) is 7.05 Å². The first-order valence-corrected chi connectivity index (χ1v) is 4.57. The van der Waals surface area contributed by atoms with Crippen LogP contribution >= 0.6 is 0 Å². The van der Waals surface area contributed by atoms with Gasteiger partial charge in [-0.05, 0) is 18.2 Å². The van der Waals surface area contributed by atoms with Crippen molar-refractivity contribution in [2.75, 3.05) is 0 Å². The summed E-state index contributed by atoms with van der Waals surface area (Å²) >= 11 is 0. The van der Waals surface area contributed by atoms with Crippen LogP contribution in [0, 0.1) is 0 Å². The average Bonchev–Trinajstić information content (AvgIpc) is 2.61. The molecule has 0 amide bonds. The fourth-order valence-corrected chi connectivity index (χ4v) is 1.83. The molecular formula is C11H10IN3. The zero-order valence-electron chi connectivity index (χ0n) is 8.24. The van der Waals surface area contributed by atoms with Gasteiger partial charge in [-0.2, -0.15) is 0 Å². The predicted molar refractivity (Wildman–Crippen MR) is 54.8 cm³/mol. The number of fused-ring (bicyclic) bond motifs is 3. The van der Waals surface area contributed by atoms with Crippen molar-refractivity contribution >= 4 is 21.9 Å². The number of hydrogen-bond donors (Lipinski definition) is 1. The van der Waals surface area contributed by atoms with Gasteiger partial charge < -0.3 is 24.0 Å². The van der Waals surface area contributed by atoms with E-state index in [1.54, 1.807) is 0 Å². The van der Waals surface area contributed by atoms with Gasteiger partial charge in [0, 0.05) is 11.6 Å². The molecule has 1 aromatic carbocycles. The second kappa shape index (κ2) is 3.77. The lowest BCUT2D eigenvalue weighted by Gasteiger charge is -1.95. The molecule has 3 nitrogen and oxygen atoms in total. The normalized spacial score (nSPS) is 10.5. The minimum atomic E-state index is 0. The number of pyridine rings is 1. The number of aromatic amines is 1. The summed E-state index contributed by atoms with van der Waals surface area (Å²) in [6.45, 7) is 0. The Kier molecular flexibility index (Phi) is 2.60. The lowest BCUT2D eigenvalue weighted by atomic mass is 10.2. The highest BCUT2D eigenvalue weighted by Gasteiger charge is 2.10. The van der Waals surface area contributed by atoms with E-state index in [0.717, 1.165) is 16.6 Å². The number of aromatic nitrogens is 3. The number of halogens is 1. The van der Waals surface area contributed by atoms with Gasteiger partial charge in [0.05, 0.1) is 7.05 Å². The summed E-state index contributed by atoms with van der Waals surface area (Å²) in [7, 11) is 2.02. The van der Waals surface area contributed by atoms with Gasteiger partial charge in [-0.3, -0.25) is 4.98 Å². The van der Waals surface area contributed by atoms with Crippen LogP contribution in [0.3, 0.4) is 0 Å². The molecule has 2 heterocycles. The Morgan fingerprint density at radius 1 is 1.27 bits per heavy atom. The first kappa shape index (κ1) is 10.4. The van der Waals surface area contributed by atoms with Gasteiger partial charge in [0.2, 0.25) is 6.33 Å². The van der Waals surface area contributed by atoms with E-state index in [2.05, 4.69) is 32.7 Å². The summed E-state index contributed by atoms with van der Waals surface area (Å²) in [5.74, 6) is 0. The number of aryl methyl sites for hydroxylation is 1. The molecule has 4 heteroatoms. The third-order valence-corrected chi connectivity index (χ3v) is 2.51. The second-order valence-electron chi connectivity index (χ2n) is 3.42. The molecule has 76 valence electrons. The number of hydrogen-bond acceptors (Lipinski definition) is 1. The molecule has 0 atom stereocenters. The van der Waals surface area contributed by atoms with Gasteiger partial charge in [-0.25, -0.2) is 9.55 Å². The van der Waals surface area contributed by atoms with Crippen LogP contribution in [0.25, 0.3) is 21.9 Å². The van der Waals surface area contributed by atoms with Crippen molar-refractivity contribution in [3.63, 3.8) is 0 Å². The minimum Gasteiger partial charge on any atom is -1.00 e. The molecule has 0 aliphatic rings. The van der Waals surface area contributed by atoms with Crippen LogP contribution < -0.4 is 28.5 Å². The van der Waals surface area contributed by atoms with Gasteiger partial charge >= 0.3 is 0 Å². The van der Waals surface area contributed by atoms with Crippen molar-refractivity contribution in [3.8, 4) is 0 Å². The molecular weight excluding hydrogens is 301 g/mol. The summed E-state index contributed by atoms with van der Waals surface area (Å²) in [6.07, 6.45) is 3.77. The Hall–Kier alpha value is -1.17. The number of imidazole rings is 1. The zero-order chi connectivity index (χ0) is 9.54. The van der Waals surface area contributed by atoms with Gasteiger partial charge in [-0.1, -0.05) is 6.07 Å². The number of nitrogens with one attached hydrogen (secondary N) is 1. The van der Waals surface area contributed by atoms with Crippen molar-refractivity contribution in [3.05, 3.63) is 36.8 Å². The molecule has 0 aliphatic carbocycles. The van der Waals surface area contributed by atoms with Crippen LogP contribution in [0.1, 0.15) is 0 Å². The Balaban J connectivity index is 0.000000853. The van der Waals surface area contributed by atoms with E-state index in [0.29, 0.717) is 0 Å². The van der Waals surface area contributed by atoms with E-state index in [1.807, 2.05) is 25.6 Å². The molecule has 0 bridgehead atoms. The molecule has 2 aromatic heterocycles. The fourth-order valence-electron chi connectivity index (χ4n) is 1.83. The monoisotopic (exact) mass is 311 g/mol. The smallest absolute Gasteiger partial charge is 0.242 e. The highest BCUT2D eigenvalue weighted by molar-refractivity contribution is 5.99. The van der Waals surface area contributed by atoms with Crippen LogP contribution in [0.2, 0.25) is 0 Å². The van der Waals surface area contributed by atoms with Crippen molar-refractivity contribution in [1.82, 2.24) is 9.97 Å². The Morgan fingerprint density at radius 2 is 2.13 bits per heavy atom. The van der Waals surface area contributed by atoms with Crippen LogP contribution in [0.5, 0.6) is 0 Å². The standard InChI is InChI=1S/C11H9N3.HI/c1-14-7-13-9-5-4-8-3-2-6-12-10(8)11(9)14;/h2-7H,1H3;1H. The van der Waals surface area contributed by atoms with Crippen LogP contribution in [0.4, 0.5) is 0 Å². The third-order valence-electron chi connectivity index (χ3n) is 2.51. The SMILES string of the molecule is C[n+]1c[nH]c2ccc3cccnc3c21.[I-]. The summed E-state index contributed by atoms with van der Waals surface area (Å²) < 4.78 is 2.06. The summed E-state index contributed by atoms with van der Waals surface area (Å²) in [4.78, 5) is 7.60. The van der Waals surface area contributed by atoms with E-state index in [9.17, 15) is 0 Å². The fraction of sp³-hybridized carbons (Fsp3) is 0.0909. The molecule has 0 radical (unpaired) electrons. The average molecular weight is 311 g/mol. The Bertz CT molecular complexity index is 615. The maximum absolute atomic E-state index is 4.40. The number of rotatable bonds is 0. The maximum Gasteiger partial charge on any atom is 0.242 e. The Labute approximate surface area is 104 Å². The topological polar surface area (TPSA) is 32.6 Å². The highest BCUT2D eigenvalue weighted by atomic mass is 127. The second-order valence-corrected chi connectivity index (χ2v) is 3.42. The molecule has 0 fully saturated rings. The summed E-state index contributed by atoms with van der Waals surface area (Å²) in [5, 5.41) is 1.18. The summed E-state index contributed by atoms with van der Waals surface area (Å²) in [5.41, 5.74) is 3.33. The van der Waals surface area contributed by atoms with Crippen molar-refractivity contribution in [1.29, 1.82) is 0 Å². The number of H-pyrrole nitrogens is 1. The molecule has 0 unspecified atom stereocenters. The van der Waals surface area contributed by atoms with E-state index in [1.165, 1.54) is 5.39 Å². The zero-order valence-corrected chi connectivity index (χ0v) is 10.4. The lowest BCUT2D eigenvalue weighted by molar-refractivity contribution is -0.644. The van der Waals surface area contributed by atoms with E-state index in [4.69, 9.17) is 0 Å². The lowest BCUT2D eigenvalue weighted by Crippen LogP contribution is -3.00. The number of nitrogens with zero attached hydrogens (tertiary/aromatic N) is 2. The third kappa shape index (κ3) is 1.49. The molecule has 3 rings (SSSR count). The first-order valence-electron chi connectivity index (χ1n) is 4.57. The molecule has 1 N–H and O–H groups in total. The highest BCUT2D eigenvalue weighted by Crippen LogP contribution is 2.18. The van der Waals surface area contributed by atoms with Gasteiger partial charge in [-0.15, -0.1) is 0 Å². The molecule has 0 saturated carbocycles. The molecule has 0 saturated heterocycles. The predicted octanol–water partition coefficient (Wildman–Crippen LogP) is -1.46. The van der Waals surface area contributed by atoms with Crippen molar-refractivity contribution in [2.45, 2.75) is 0 Å². The van der Waals surface area contributed by atoms with Gasteiger partial charge in [0.1, 0.15) is 5.52 Å². The number of benzene rings is 1. The van der Waals surface area contributed by atoms with Gasteiger partial charge in [0.15, 0.2) is 11.0 Å². The Morgan fingerprint density at radius 3 is 3.00 bits per heavy atom. The first-order chi connectivity index (χ1) is 6.86. The van der Waals surface area contributed by atoms with Crippen LogP contribution in [0.15, 0.2) is 36.8 Å². The van der Waals surface area contributed by atoms with Crippen LogP contribution in [-0.4, -0.2) is 9.97 Å². The molecule has 0 aliphatic heterocycles. The molecule has 15 heavy (non-hydrogen) atoms. The summed E-state index contributed by atoms with van der Waals surface area (Å²) in [6, 6.07) is 8.20. The molecule has 0 spiro atoms. The maximum atomic E-state index is 4.40. The van der Waals surface area contributed by atoms with Crippen molar-refractivity contribution in [2.24, 2.45) is 7.05 Å². The van der Waals surface area contributed by atoms with E-state index in [-0.39, 0.29) is 24.0 Å². The quantitative estimate of drug-likeness (QED) is 0.400. The molecule has 3 aromatic rings.